The molecule has 0 bridgehead atoms. The number of rotatable bonds is 6. The first-order valence-electron chi connectivity index (χ1n) is 7.56. The standard InChI is InChI=1S/C17H17F2N5/c18-16(19)11-3-1-10(2-4-11)14-9-23-17(21)15(24-14)12(7-20)8-22-13-5-6-13/h1-4,7-9,13,16,20,22H,5-6H2,(H2,21,23)/b12-8+,20-7?. The second-order valence-electron chi connectivity index (χ2n) is 5.60. The van der Waals surface area contributed by atoms with Crippen LogP contribution in [-0.2, 0) is 0 Å². The van der Waals surface area contributed by atoms with Crippen LogP contribution in [0.4, 0.5) is 14.6 Å². The van der Waals surface area contributed by atoms with Crippen LogP contribution in [0.1, 0.15) is 30.5 Å². The van der Waals surface area contributed by atoms with Crippen LogP contribution in [0.2, 0.25) is 0 Å². The Hall–Kier alpha value is -2.83. The molecule has 0 radical (unpaired) electrons. The lowest BCUT2D eigenvalue weighted by molar-refractivity contribution is 0.151. The van der Waals surface area contributed by atoms with E-state index in [2.05, 4.69) is 15.3 Å². The lowest BCUT2D eigenvalue weighted by Gasteiger charge is -2.09. The molecule has 1 aliphatic rings. The summed E-state index contributed by atoms with van der Waals surface area (Å²) in [6.45, 7) is 0. The maximum Gasteiger partial charge on any atom is 0.263 e. The van der Waals surface area contributed by atoms with Gasteiger partial charge in [-0.25, -0.2) is 18.7 Å². The molecule has 0 spiro atoms. The molecule has 1 heterocycles. The van der Waals surface area contributed by atoms with Crippen LogP contribution in [-0.4, -0.2) is 22.2 Å². The zero-order valence-electron chi connectivity index (χ0n) is 12.8. The van der Waals surface area contributed by atoms with Crippen LogP contribution in [0.15, 0.2) is 36.7 Å². The first-order valence-corrected chi connectivity index (χ1v) is 7.56. The van der Waals surface area contributed by atoms with Gasteiger partial charge in [0.1, 0.15) is 11.5 Å². The highest BCUT2D eigenvalue weighted by atomic mass is 19.3. The molecule has 24 heavy (non-hydrogen) atoms. The van der Waals surface area contributed by atoms with Gasteiger partial charge in [-0.1, -0.05) is 24.3 Å². The summed E-state index contributed by atoms with van der Waals surface area (Å²) in [5.74, 6) is 0.218. The Labute approximate surface area is 138 Å². The van der Waals surface area contributed by atoms with E-state index in [0.717, 1.165) is 12.8 Å². The molecule has 1 aromatic carbocycles. The summed E-state index contributed by atoms with van der Waals surface area (Å²) in [5.41, 5.74) is 7.94. The minimum absolute atomic E-state index is 0.0453. The fourth-order valence-corrected chi connectivity index (χ4v) is 2.19. The maximum atomic E-state index is 12.6. The molecule has 124 valence electrons. The first-order chi connectivity index (χ1) is 11.6. The summed E-state index contributed by atoms with van der Waals surface area (Å²) < 4.78 is 25.3. The second kappa shape index (κ2) is 6.74. The molecule has 0 unspecified atom stereocenters. The number of hydrogen-bond acceptors (Lipinski definition) is 5. The lowest BCUT2D eigenvalue weighted by Crippen LogP contribution is -2.10. The second-order valence-corrected chi connectivity index (χ2v) is 5.60. The normalized spacial score (nSPS) is 14.7. The molecule has 2 aromatic rings. The SMILES string of the molecule is N=C/C(=C\NC1CC1)c1nc(-c2ccc(C(F)F)cc2)cnc1N. The van der Waals surface area contributed by atoms with Crippen LogP contribution >= 0.6 is 0 Å². The number of nitrogens with one attached hydrogen (secondary N) is 2. The molecule has 0 saturated heterocycles. The van der Waals surface area contributed by atoms with Crippen molar-refractivity contribution >= 4 is 17.6 Å². The Morgan fingerprint density at radius 2 is 2.00 bits per heavy atom. The molecular formula is C17H17F2N5. The fourth-order valence-electron chi connectivity index (χ4n) is 2.19. The van der Waals surface area contributed by atoms with E-state index in [1.54, 1.807) is 18.3 Å². The average molecular weight is 329 g/mol. The lowest BCUT2D eigenvalue weighted by atomic mass is 10.1. The number of alkyl halides is 2. The first kappa shape index (κ1) is 16.0. The number of halogens is 2. The van der Waals surface area contributed by atoms with Gasteiger partial charge in [-0.05, 0) is 12.8 Å². The van der Waals surface area contributed by atoms with E-state index >= 15 is 0 Å². The molecule has 1 aromatic heterocycles. The Balaban J connectivity index is 1.92. The number of anilines is 1. The number of nitrogen functional groups attached to an aromatic ring is 1. The topological polar surface area (TPSA) is 87.7 Å². The third-order valence-electron chi connectivity index (χ3n) is 3.74. The van der Waals surface area contributed by atoms with Crippen molar-refractivity contribution < 1.29 is 8.78 Å². The summed E-state index contributed by atoms with van der Waals surface area (Å²) >= 11 is 0. The van der Waals surface area contributed by atoms with Crippen molar-refractivity contribution in [2.45, 2.75) is 25.3 Å². The Bertz CT molecular complexity index is 767. The molecular weight excluding hydrogens is 312 g/mol. The number of benzene rings is 1. The van der Waals surface area contributed by atoms with E-state index in [1.807, 2.05) is 0 Å². The highest BCUT2D eigenvalue weighted by Gasteiger charge is 2.20. The third kappa shape index (κ3) is 3.56. The van der Waals surface area contributed by atoms with Crippen molar-refractivity contribution in [3.8, 4) is 11.3 Å². The Kier molecular flexibility index (Phi) is 4.50. The summed E-state index contributed by atoms with van der Waals surface area (Å²) in [4.78, 5) is 8.57. The minimum Gasteiger partial charge on any atom is -0.388 e. The molecule has 0 atom stereocenters. The summed E-state index contributed by atoms with van der Waals surface area (Å²) in [7, 11) is 0. The fraction of sp³-hybridized carbons (Fsp3) is 0.235. The molecule has 5 nitrogen and oxygen atoms in total. The third-order valence-corrected chi connectivity index (χ3v) is 3.74. The minimum atomic E-state index is -2.51. The van der Waals surface area contributed by atoms with Crippen LogP contribution in [0, 0.1) is 5.41 Å². The molecule has 1 saturated carbocycles. The van der Waals surface area contributed by atoms with Gasteiger partial charge in [-0.3, -0.25) is 0 Å². The van der Waals surface area contributed by atoms with Crippen LogP contribution < -0.4 is 11.1 Å². The molecule has 7 heteroatoms. The van der Waals surface area contributed by atoms with Crippen molar-refractivity contribution in [1.82, 2.24) is 15.3 Å². The zero-order valence-corrected chi connectivity index (χ0v) is 12.8. The maximum absolute atomic E-state index is 12.6. The zero-order chi connectivity index (χ0) is 17.1. The van der Waals surface area contributed by atoms with E-state index in [-0.39, 0.29) is 11.4 Å². The van der Waals surface area contributed by atoms with E-state index in [0.29, 0.717) is 28.6 Å². The summed E-state index contributed by atoms with van der Waals surface area (Å²) in [5, 5.41) is 10.8. The Morgan fingerprint density at radius 1 is 1.29 bits per heavy atom. The predicted molar refractivity (Wildman–Crippen MR) is 89.8 cm³/mol. The van der Waals surface area contributed by atoms with Crippen molar-refractivity contribution in [2.75, 3.05) is 5.73 Å². The van der Waals surface area contributed by atoms with Gasteiger partial charge in [-0.2, -0.15) is 0 Å². The Morgan fingerprint density at radius 3 is 2.58 bits per heavy atom. The van der Waals surface area contributed by atoms with Gasteiger partial charge in [0.05, 0.1) is 11.9 Å². The van der Waals surface area contributed by atoms with Gasteiger partial charge < -0.3 is 16.5 Å². The number of nitrogens with zero attached hydrogens (tertiary/aromatic N) is 2. The monoisotopic (exact) mass is 329 g/mol. The van der Waals surface area contributed by atoms with Gasteiger partial charge in [0.25, 0.3) is 6.43 Å². The van der Waals surface area contributed by atoms with Gasteiger partial charge in [-0.15, -0.1) is 0 Å². The predicted octanol–water partition coefficient (Wildman–Crippen LogP) is 3.41. The smallest absolute Gasteiger partial charge is 0.263 e. The van der Waals surface area contributed by atoms with E-state index < -0.39 is 6.43 Å². The molecule has 0 aliphatic heterocycles. The van der Waals surface area contributed by atoms with Crippen LogP contribution in [0.25, 0.3) is 16.8 Å². The van der Waals surface area contributed by atoms with Crippen LogP contribution in [0.3, 0.4) is 0 Å². The van der Waals surface area contributed by atoms with Crippen molar-refractivity contribution in [1.29, 1.82) is 5.41 Å². The highest BCUT2D eigenvalue weighted by molar-refractivity contribution is 6.09. The van der Waals surface area contributed by atoms with Crippen molar-refractivity contribution in [3.05, 3.63) is 47.9 Å². The molecule has 1 fully saturated rings. The van der Waals surface area contributed by atoms with Gasteiger partial charge in [0.2, 0.25) is 0 Å². The summed E-state index contributed by atoms with van der Waals surface area (Å²) in [6.07, 6.45) is 4.09. The number of aromatic nitrogens is 2. The quantitative estimate of drug-likeness (QED) is 0.709. The average Bonchev–Trinajstić information content (AvgIpc) is 3.41. The molecule has 3 rings (SSSR count). The number of hydrogen-bond donors (Lipinski definition) is 3. The largest absolute Gasteiger partial charge is 0.388 e. The molecule has 1 aliphatic carbocycles. The molecule has 0 amide bonds. The van der Waals surface area contributed by atoms with E-state index in [4.69, 9.17) is 11.1 Å². The van der Waals surface area contributed by atoms with E-state index in [9.17, 15) is 8.78 Å². The van der Waals surface area contributed by atoms with Gasteiger partial charge in [0.15, 0.2) is 0 Å². The highest BCUT2D eigenvalue weighted by Crippen LogP contribution is 2.25. The van der Waals surface area contributed by atoms with Gasteiger partial charge >= 0.3 is 0 Å². The van der Waals surface area contributed by atoms with Crippen molar-refractivity contribution in [2.24, 2.45) is 0 Å². The van der Waals surface area contributed by atoms with Gasteiger partial charge in [0, 0.05) is 35.2 Å². The van der Waals surface area contributed by atoms with Crippen molar-refractivity contribution in [3.63, 3.8) is 0 Å². The number of nitrogens with two attached hydrogens (primary N) is 1. The van der Waals surface area contributed by atoms with E-state index in [1.165, 1.54) is 24.5 Å². The van der Waals surface area contributed by atoms with Crippen LogP contribution in [0.5, 0.6) is 0 Å². The number of allylic oxidation sites excluding steroid dienone is 1. The summed E-state index contributed by atoms with van der Waals surface area (Å²) in [6, 6.07) is 6.31. The molecule has 4 N–H and O–H groups in total.